The van der Waals surface area contributed by atoms with E-state index in [1.165, 1.54) is 6.07 Å². The zero-order valence-electron chi connectivity index (χ0n) is 19.1. The summed E-state index contributed by atoms with van der Waals surface area (Å²) in [6, 6.07) is 11.3. The smallest absolute Gasteiger partial charge is 0.339 e. The van der Waals surface area contributed by atoms with Gasteiger partial charge in [0.05, 0.1) is 5.56 Å². The molecular formula is C27H27NO5. The maximum atomic E-state index is 13.1. The van der Waals surface area contributed by atoms with Crippen LogP contribution >= 0.6 is 0 Å². The second kappa shape index (κ2) is 7.37. The molecule has 2 aliphatic carbocycles. The molecule has 33 heavy (non-hydrogen) atoms. The number of ketones is 2. The highest BCUT2D eigenvalue weighted by Crippen LogP contribution is 2.52. The highest BCUT2D eigenvalue weighted by atomic mass is 16.5. The zero-order valence-corrected chi connectivity index (χ0v) is 19.1. The monoisotopic (exact) mass is 445 g/mol. The molecule has 2 aromatic carbocycles. The predicted molar refractivity (Wildman–Crippen MR) is 121 cm³/mol. The van der Waals surface area contributed by atoms with Crippen molar-refractivity contribution in [2.75, 3.05) is 13.2 Å². The number of rotatable bonds is 3. The molecule has 0 radical (unpaired) electrons. The number of fused-ring (bicyclic) bond motifs is 4. The third-order valence-corrected chi connectivity index (χ3v) is 7.23. The summed E-state index contributed by atoms with van der Waals surface area (Å²) >= 11 is 0. The molecule has 3 aliphatic rings. The quantitative estimate of drug-likeness (QED) is 0.568. The number of amides is 1. The van der Waals surface area contributed by atoms with Crippen molar-refractivity contribution in [2.24, 2.45) is 10.8 Å². The fraction of sp³-hybridized carbons (Fsp3) is 0.407. The average Bonchev–Trinajstić information content (AvgIpc) is 3.03. The van der Waals surface area contributed by atoms with Crippen LogP contribution in [-0.4, -0.2) is 47.5 Å². The van der Waals surface area contributed by atoms with Crippen LogP contribution in [0.15, 0.2) is 42.5 Å². The van der Waals surface area contributed by atoms with Crippen molar-refractivity contribution in [2.45, 2.75) is 46.1 Å². The average molecular weight is 446 g/mol. The van der Waals surface area contributed by atoms with Gasteiger partial charge in [-0.05, 0) is 36.2 Å². The van der Waals surface area contributed by atoms with Gasteiger partial charge in [-0.2, -0.15) is 0 Å². The molecule has 0 aromatic heterocycles. The Labute approximate surface area is 192 Å². The second-order valence-electron chi connectivity index (χ2n) is 10.7. The highest BCUT2D eigenvalue weighted by molar-refractivity contribution is 6.30. The van der Waals surface area contributed by atoms with Crippen LogP contribution in [0, 0.1) is 10.8 Å². The zero-order chi connectivity index (χ0) is 23.5. The van der Waals surface area contributed by atoms with Crippen molar-refractivity contribution < 1.29 is 23.9 Å². The summed E-state index contributed by atoms with van der Waals surface area (Å²) in [6.07, 6.45) is 2.97. The molecule has 6 heteroatoms. The van der Waals surface area contributed by atoms with Gasteiger partial charge in [0, 0.05) is 34.8 Å². The lowest BCUT2D eigenvalue weighted by Crippen LogP contribution is -2.40. The van der Waals surface area contributed by atoms with Crippen LogP contribution in [0.2, 0.25) is 0 Å². The van der Waals surface area contributed by atoms with Gasteiger partial charge in [0.1, 0.15) is 0 Å². The molecule has 2 fully saturated rings. The molecule has 1 heterocycles. The van der Waals surface area contributed by atoms with E-state index in [1.807, 2.05) is 4.90 Å². The lowest BCUT2D eigenvalue weighted by molar-refractivity contribution is -0.135. The molecule has 2 bridgehead atoms. The maximum Gasteiger partial charge on any atom is 0.339 e. The molecule has 2 aromatic rings. The number of hydrogen-bond donors (Lipinski definition) is 0. The molecular weight excluding hydrogens is 418 g/mol. The van der Waals surface area contributed by atoms with Gasteiger partial charge in [-0.15, -0.1) is 0 Å². The summed E-state index contributed by atoms with van der Waals surface area (Å²) in [7, 11) is 0. The molecule has 170 valence electrons. The van der Waals surface area contributed by atoms with Gasteiger partial charge < -0.3 is 9.64 Å². The number of ether oxygens (including phenoxy) is 1. The Morgan fingerprint density at radius 1 is 0.939 bits per heavy atom. The maximum absolute atomic E-state index is 13.1. The lowest BCUT2D eigenvalue weighted by atomic mass is 9.65. The molecule has 5 rings (SSSR count). The minimum Gasteiger partial charge on any atom is -0.452 e. The lowest BCUT2D eigenvalue weighted by Gasteiger charge is -2.39. The standard InChI is InChI=1S/C27H27NO5/c1-26(2)11-16-12-27(3,14-26)15-28(16)21(29)13-33-25(32)20-10-6-9-19-22(20)24(31)18-8-5-4-7-17(18)23(19)30/h4-10,16H,11-15H2,1-3H3/t16-,27+/m0/s1. The Bertz CT molecular complexity index is 1210. The molecule has 1 saturated carbocycles. The first-order valence-corrected chi connectivity index (χ1v) is 11.4. The highest BCUT2D eigenvalue weighted by Gasteiger charge is 2.51. The Balaban J connectivity index is 1.34. The topological polar surface area (TPSA) is 80.8 Å². The molecule has 0 spiro atoms. The normalized spacial score (nSPS) is 24.8. The molecule has 1 saturated heterocycles. The van der Waals surface area contributed by atoms with Crippen molar-refractivity contribution in [3.8, 4) is 0 Å². The Morgan fingerprint density at radius 2 is 1.61 bits per heavy atom. The summed E-state index contributed by atoms with van der Waals surface area (Å²) in [4.78, 5) is 53.8. The summed E-state index contributed by atoms with van der Waals surface area (Å²) in [5.41, 5.74) is 1.11. The first-order valence-electron chi connectivity index (χ1n) is 11.4. The Hall–Kier alpha value is -3.28. The van der Waals surface area contributed by atoms with E-state index in [0.717, 1.165) is 19.3 Å². The summed E-state index contributed by atoms with van der Waals surface area (Å²) in [5.74, 6) is -1.67. The van der Waals surface area contributed by atoms with E-state index >= 15 is 0 Å². The van der Waals surface area contributed by atoms with Crippen molar-refractivity contribution in [3.63, 3.8) is 0 Å². The van der Waals surface area contributed by atoms with Crippen LogP contribution in [0.5, 0.6) is 0 Å². The molecule has 0 unspecified atom stereocenters. The summed E-state index contributed by atoms with van der Waals surface area (Å²) in [5, 5.41) is 0. The van der Waals surface area contributed by atoms with Gasteiger partial charge in [-0.3, -0.25) is 14.4 Å². The molecule has 2 atom stereocenters. The van der Waals surface area contributed by atoms with Crippen LogP contribution in [-0.2, 0) is 9.53 Å². The van der Waals surface area contributed by atoms with Crippen molar-refractivity contribution in [1.29, 1.82) is 0 Å². The predicted octanol–water partition coefficient (Wildman–Crippen LogP) is 4.05. The summed E-state index contributed by atoms with van der Waals surface area (Å²) in [6.45, 7) is 6.98. The first-order chi connectivity index (χ1) is 15.6. The Kier molecular flexibility index (Phi) is 4.82. The number of benzene rings is 2. The number of likely N-dealkylation sites (tertiary alicyclic amines) is 1. The Morgan fingerprint density at radius 3 is 2.33 bits per heavy atom. The van der Waals surface area contributed by atoms with Crippen molar-refractivity contribution in [3.05, 3.63) is 70.3 Å². The van der Waals surface area contributed by atoms with E-state index in [1.54, 1.807) is 36.4 Å². The van der Waals surface area contributed by atoms with Gasteiger partial charge >= 0.3 is 5.97 Å². The van der Waals surface area contributed by atoms with Gasteiger partial charge in [0.25, 0.3) is 5.91 Å². The van der Waals surface area contributed by atoms with Gasteiger partial charge in [-0.1, -0.05) is 57.2 Å². The van der Waals surface area contributed by atoms with Crippen LogP contribution < -0.4 is 0 Å². The molecule has 0 N–H and O–H groups in total. The number of carbonyl (C=O) groups is 4. The largest absolute Gasteiger partial charge is 0.452 e. The van der Waals surface area contributed by atoms with Crippen LogP contribution in [0.4, 0.5) is 0 Å². The fourth-order valence-corrected chi connectivity index (χ4v) is 6.35. The van der Waals surface area contributed by atoms with E-state index in [2.05, 4.69) is 20.8 Å². The van der Waals surface area contributed by atoms with E-state index in [9.17, 15) is 19.2 Å². The van der Waals surface area contributed by atoms with Crippen LogP contribution in [0.25, 0.3) is 0 Å². The molecule has 1 amide bonds. The first kappa shape index (κ1) is 21.6. The van der Waals surface area contributed by atoms with E-state index < -0.39 is 5.97 Å². The molecule has 6 nitrogen and oxygen atoms in total. The third kappa shape index (κ3) is 3.58. The van der Waals surface area contributed by atoms with Gasteiger partial charge in [0.2, 0.25) is 0 Å². The van der Waals surface area contributed by atoms with E-state index in [-0.39, 0.29) is 63.2 Å². The van der Waals surface area contributed by atoms with E-state index in [4.69, 9.17) is 4.74 Å². The molecule has 1 aliphatic heterocycles. The minimum absolute atomic E-state index is 0.0152. The number of esters is 1. The number of carbonyl (C=O) groups excluding carboxylic acids is 4. The van der Waals surface area contributed by atoms with Crippen LogP contribution in [0.1, 0.15) is 82.2 Å². The van der Waals surface area contributed by atoms with Gasteiger partial charge in [0.15, 0.2) is 18.2 Å². The van der Waals surface area contributed by atoms with Crippen LogP contribution in [0.3, 0.4) is 0 Å². The minimum atomic E-state index is -0.769. The second-order valence-corrected chi connectivity index (χ2v) is 10.7. The number of nitrogens with zero attached hydrogens (tertiary/aromatic N) is 1. The van der Waals surface area contributed by atoms with Crippen molar-refractivity contribution >= 4 is 23.4 Å². The summed E-state index contributed by atoms with van der Waals surface area (Å²) < 4.78 is 5.38. The van der Waals surface area contributed by atoms with Crippen molar-refractivity contribution in [1.82, 2.24) is 4.90 Å². The fourth-order valence-electron chi connectivity index (χ4n) is 6.35. The third-order valence-electron chi connectivity index (χ3n) is 7.23. The van der Waals surface area contributed by atoms with E-state index in [0.29, 0.717) is 12.1 Å². The van der Waals surface area contributed by atoms with Gasteiger partial charge in [-0.25, -0.2) is 4.79 Å². The number of hydrogen-bond acceptors (Lipinski definition) is 5. The SMILES string of the molecule is CC1(C)C[C@H]2C[C@@](C)(CN2C(=O)COC(=O)c2cccc3c2C(=O)c2ccccc2C3=O)C1.